The van der Waals surface area contributed by atoms with Gasteiger partial charge in [-0.25, -0.2) is 9.59 Å². The van der Waals surface area contributed by atoms with Crippen molar-refractivity contribution in [3.8, 4) is 6.07 Å². The number of benzene rings is 1. The Balaban J connectivity index is 2.19. The third kappa shape index (κ3) is 5.28. The number of carbonyl (C=O) groups is 3. The molecule has 0 aliphatic heterocycles. The van der Waals surface area contributed by atoms with E-state index in [0.29, 0.717) is 22.7 Å². The highest BCUT2D eigenvalue weighted by Crippen LogP contribution is 2.21. The number of hydrogen-bond acceptors (Lipinski definition) is 6. The lowest BCUT2D eigenvalue weighted by Crippen LogP contribution is -2.26. The maximum absolute atomic E-state index is 12.8. The molecule has 7 heteroatoms. The zero-order chi connectivity index (χ0) is 23.3. The number of carbonyl (C=O) groups excluding carboxylic acids is 3. The van der Waals surface area contributed by atoms with Gasteiger partial charge >= 0.3 is 11.9 Å². The maximum atomic E-state index is 12.8. The van der Waals surface area contributed by atoms with Crippen LogP contribution in [0.15, 0.2) is 29.8 Å². The number of nitrogens with one attached hydrogen (secondary N) is 1. The first-order valence-electron chi connectivity index (χ1n) is 9.85. The maximum Gasteiger partial charge on any atom is 0.349 e. The Bertz CT molecular complexity index is 1070. The monoisotopic (exact) mass is 422 g/mol. The van der Waals surface area contributed by atoms with Gasteiger partial charge in [0.25, 0.3) is 0 Å². The van der Waals surface area contributed by atoms with Crippen LogP contribution in [0.4, 0.5) is 0 Å². The van der Waals surface area contributed by atoms with Gasteiger partial charge in [0.2, 0.25) is 5.78 Å². The minimum atomic E-state index is -1.16. The third-order valence-electron chi connectivity index (χ3n) is 4.98. The van der Waals surface area contributed by atoms with Crippen LogP contribution in [-0.2, 0) is 14.3 Å². The number of hydrogen-bond donors (Lipinski definition) is 1. The van der Waals surface area contributed by atoms with E-state index in [1.54, 1.807) is 13.8 Å². The van der Waals surface area contributed by atoms with Crippen molar-refractivity contribution in [3.05, 3.63) is 63.5 Å². The van der Waals surface area contributed by atoms with Crippen LogP contribution in [0.1, 0.15) is 69.9 Å². The molecule has 0 aliphatic carbocycles. The minimum Gasteiger partial charge on any atom is -0.465 e. The number of Topliss-reactive ketones (excluding diaryl/α,β-unsaturated/α-hetero) is 1. The number of rotatable bonds is 7. The Hall–Kier alpha value is -3.66. The number of ether oxygens (including phenoxy) is 2. The molecule has 2 aromatic rings. The molecule has 7 nitrogen and oxygen atoms in total. The number of aromatic nitrogens is 1. The SMILES string of the molecule is COC(=O)c1c(C)[nH]c(C(=O)[C@@H](C)OC(=O)/C(C#N)=C/c2ccc(C(C)C)cc2)c1C. The van der Waals surface area contributed by atoms with Crippen LogP contribution >= 0.6 is 0 Å². The first-order valence-corrected chi connectivity index (χ1v) is 9.85. The van der Waals surface area contributed by atoms with Gasteiger partial charge in [-0.2, -0.15) is 5.26 Å². The highest BCUT2D eigenvalue weighted by molar-refractivity contribution is 6.05. The molecule has 31 heavy (non-hydrogen) atoms. The van der Waals surface area contributed by atoms with E-state index in [-0.39, 0.29) is 16.8 Å². The highest BCUT2D eigenvalue weighted by atomic mass is 16.5. The van der Waals surface area contributed by atoms with Crippen molar-refractivity contribution in [2.45, 2.75) is 46.6 Å². The molecule has 2 rings (SSSR count). The topological polar surface area (TPSA) is 109 Å². The number of nitrogens with zero attached hydrogens (tertiary/aromatic N) is 1. The molecule has 0 amide bonds. The van der Waals surface area contributed by atoms with Crippen molar-refractivity contribution in [1.29, 1.82) is 5.26 Å². The largest absolute Gasteiger partial charge is 0.465 e. The molecule has 1 atom stereocenters. The number of aryl methyl sites for hydroxylation is 1. The zero-order valence-electron chi connectivity index (χ0n) is 18.5. The number of aromatic amines is 1. The standard InChI is InChI=1S/C24H26N2O5/c1-13(2)18-9-7-17(8-10-18)11-19(12-25)23(28)31-16(5)22(27)21-14(3)20(15(4)26-21)24(29)30-6/h7-11,13,16,26H,1-6H3/b19-11+/t16-/m1/s1. The van der Waals surface area contributed by atoms with Crippen molar-refractivity contribution >= 4 is 23.8 Å². The van der Waals surface area contributed by atoms with Gasteiger partial charge in [-0.1, -0.05) is 38.1 Å². The number of methoxy groups -OCH3 is 1. The van der Waals surface area contributed by atoms with Crippen molar-refractivity contribution < 1.29 is 23.9 Å². The molecule has 1 heterocycles. The van der Waals surface area contributed by atoms with Crippen LogP contribution in [0.5, 0.6) is 0 Å². The summed E-state index contributed by atoms with van der Waals surface area (Å²) in [6.07, 6.45) is 0.262. The lowest BCUT2D eigenvalue weighted by Gasteiger charge is -2.12. The Kier molecular flexibility index (Phi) is 7.54. The summed E-state index contributed by atoms with van der Waals surface area (Å²) in [5, 5.41) is 9.38. The van der Waals surface area contributed by atoms with E-state index >= 15 is 0 Å². The summed E-state index contributed by atoms with van der Waals surface area (Å²) < 4.78 is 9.97. The highest BCUT2D eigenvalue weighted by Gasteiger charge is 2.28. The van der Waals surface area contributed by atoms with Crippen LogP contribution < -0.4 is 0 Å². The fraction of sp³-hybridized carbons (Fsp3) is 0.333. The normalized spacial score (nSPS) is 12.3. The summed E-state index contributed by atoms with van der Waals surface area (Å²) in [6.45, 7) is 8.82. The number of ketones is 1. The summed E-state index contributed by atoms with van der Waals surface area (Å²) in [5.41, 5.74) is 2.92. The Labute approximate surface area is 181 Å². The van der Waals surface area contributed by atoms with Gasteiger partial charge in [-0.05, 0) is 49.5 Å². The van der Waals surface area contributed by atoms with E-state index in [4.69, 9.17) is 9.47 Å². The quantitative estimate of drug-likeness (QED) is 0.309. The van der Waals surface area contributed by atoms with Crippen molar-refractivity contribution in [2.75, 3.05) is 7.11 Å². The number of esters is 2. The van der Waals surface area contributed by atoms with E-state index < -0.39 is 23.8 Å². The molecule has 0 spiro atoms. The minimum absolute atomic E-state index is 0.157. The second-order valence-electron chi connectivity index (χ2n) is 7.52. The van der Waals surface area contributed by atoms with Crippen LogP contribution in [0.3, 0.4) is 0 Å². The number of nitriles is 1. The fourth-order valence-electron chi connectivity index (χ4n) is 3.17. The fourth-order valence-corrected chi connectivity index (χ4v) is 3.17. The van der Waals surface area contributed by atoms with E-state index in [9.17, 15) is 19.6 Å². The predicted molar refractivity (Wildman–Crippen MR) is 116 cm³/mol. The van der Waals surface area contributed by atoms with Crippen LogP contribution in [0.25, 0.3) is 6.08 Å². The van der Waals surface area contributed by atoms with Gasteiger partial charge in [-0.15, -0.1) is 0 Å². The van der Waals surface area contributed by atoms with E-state index in [1.165, 1.54) is 20.1 Å². The van der Waals surface area contributed by atoms with Crippen LogP contribution in [0.2, 0.25) is 0 Å². The lowest BCUT2D eigenvalue weighted by atomic mass is 10.0. The molecule has 1 aromatic heterocycles. The second-order valence-corrected chi connectivity index (χ2v) is 7.52. The molecule has 0 unspecified atom stereocenters. The summed E-state index contributed by atoms with van der Waals surface area (Å²) >= 11 is 0. The van der Waals surface area contributed by atoms with Crippen molar-refractivity contribution in [1.82, 2.24) is 4.98 Å². The van der Waals surface area contributed by atoms with Crippen molar-refractivity contribution in [3.63, 3.8) is 0 Å². The molecule has 0 radical (unpaired) electrons. The molecule has 1 aromatic carbocycles. The Morgan fingerprint density at radius 1 is 1.10 bits per heavy atom. The molecule has 1 N–H and O–H groups in total. The molecule has 0 aliphatic rings. The first kappa shape index (κ1) is 23.6. The Morgan fingerprint density at radius 3 is 2.23 bits per heavy atom. The summed E-state index contributed by atoms with van der Waals surface area (Å²) in [4.78, 5) is 40.0. The smallest absolute Gasteiger partial charge is 0.349 e. The van der Waals surface area contributed by atoms with Gasteiger partial charge in [0.15, 0.2) is 6.10 Å². The average molecular weight is 422 g/mol. The van der Waals surface area contributed by atoms with E-state index in [1.807, 2.05) is 30.3 Å². The lowest BCUT2D eigenvalue weighted by molar-refractivity contribution is -0.141. The van der Waals surface area contributed by atoms with Crippen molar-refractivity contribution in [2.24, 2.45) is 0 Å². The van der Waals surface area contributed by atoms with Crippen LogP contribution in [-0.4, -0.2) is 35.9 Å². The van der Waals surface area contributed by atoms with Gasteiger partial charge in [0, 0.05) is 5.69 Å². The van der Waals surface area contributed by atoms with Gasteiger partial charge in [-0.3, -0.25) is 4.79 Å². The second kappa shape index (κ2) is 9.90. The molecular formula is C24H26N2O5. The van der Waals surface area contributed by atoms with E-state index in [2.05, 4.69) is 18.8 Å². The van der Waals surface area contributed by atoms with E-state index in [0.717, 1.165) is 5.56 Å². The van der Waals surface area contributed by atoms with Crippen LogP contribution in [0, 0.1) is 25.2 Å². The van der Waals surface area contributed by atoms with Gasteiger partial charge < -0.3 is 14.5 Å². The third-order valence-corrected chi connectivity index (χ3v) is 4.98. The molecule has 0 saturated heterocycles. The number of H-pyrrole nitrogens is 1. The first-order chi connectivity index (χ1) is 14.6. The molecule has 0 bridgehead atoms. The molecule has 0 saturated carbocycles. The average Bonchev–Trinajstić information content (AvgIpc) is 3.04. The molecular weight excluding hydrogens is 396 g/mol. The Morgan fingerprint density at radius 2 is 1.71 bits per heavy atom. The summed E-state index contributed by atoms with van der Waals surface area (Å²) in [6, 6.07) is 9.31. The predicted octanol–water partition coefficient (Wildman–Crippen LogP) is 4.26. The van der Waals surface area contributed by atoms with Gasteiger partial charge in [0.1, 0.15) is 11.6 Å². The van der Waals surface area contributed by atoms with Gasteiger partial charge in [0.05, 0.1) is 18.4 Å². The molecule has 162 valence electrons. The summed E-state index contributed by atoms with van der Waals surface area (Å²) in [5.74, 6) is -1.61. The molecule has 0 fully saturated rings. The summed E-state index contributed by atoms with van der Waals surface area (Å²) in [7, 11) is 1.26. The zero-order valence-corrected chi connectivity index (χ0v) is 18.5.